The third-order valence-electron chi connectivity index (χ3n) is 26.0. The van der Waals surface area contributed by atoms with E-state index in [1.165, 1.54) is 84.1 Å². The third kappa shape index (κ3) is 14.5. The Morgan fingerprint density at radius 1 is 0.159 bits per heavy atom. The fraction of sp³-hybridized carbons (Fsp3) is 0. The lowest BCUT2D eigenvalue weighted by atomic mass is 10.0. The van der Waals surface area contributed by atoms with Gasteiger partial charge in [0.1, 0.15) is 11.2 Å². The van der Waals surface area contributed by atoms with Crippen molar-refractivity contribution in [2.75, 3.05) is 0 Å². The van der Waals surface area contributed by atoms with E-state index >= 15 is 0 Å². The van der Waals surface area contributed by atoms with E-state index in [-0.39, 0.29) is 0 Å². The minimum Gasteiger partial charge on any atom is -0.456 e. The van der Waals surface area contributed by atoms with Gasteiger partial charge in [-0.1, -0.05) is 364 Å². The lowest BCUT2D eigenvalue weighted by molar-refractivity contribution is 0.669. The molecule has 15 heteroatoms. The molecule has 0 saturated carbocycles. The minimum atomic E-state index is 0.571. The summed E-state index contributed by atoms with van der Waals surface area (Å²) >= 11 is 3.68. The zero-order chi connectivity index (χ0) is 91.1. The van der Waals surface area contributed by atoms with Crippen LogP contribution in [0.2, 0.25) is 0 Å². The van der Waals surface area contributed by atoms with Crippen molar-refractivity contribution in [1.82, 2.24) is 58.6 Å². The van der Waals surface area contributed by atoms with E-state index in [9.17, 15) is 0 Å². The predicted molar refractivity (Wildman–Crippen MR) is 570 cm³/mol. The van der Waals surface area contributed by atoms with Crippen molar-refractivity contribution in [1.29, 1.82) is 0 Å². The molecule has 9 heterocycles. The van der Waals surface area contributed by atoms with Gasteiger partial charge in [0, 0.05) is 117 Å². The first-order chi connectivity index (χ1) is 68.4. The maximum Gasteiger partial charge on any atom is 0.238 e. The molecule has 28 rings (SSSR count). The monoisotopic (exact) mass is 1800 g/mol. The molecule has 138 heavy (non-hydrogen) atoms. The van der Waals surface area contributed by atoms with E-state index in [1.807, 2.05) is 138 Å². The summed E-state index contributed by atoms with van der Waals surface area (Å²) in [7, 11) is 0. The van der Waals surface area contributed by atoms with E-state index < -0.39 is 0 Å². The molecule has 0 saturated heterocycles. The normalized spacial score (nSPS) is 11.6. The minimum absolute atomic E-state index is 0.571. The van der Waals surface area contributed by atoms with Crippen LogP contribution in [-0.2, 0) is 0 Å². The Bertz CT molecular complexity index is 9530. The van der Waals surface area contributed by atoms with Gasteiger partial charge in [-0.15, -0.1) is 22.7 Å². The van der Waals surface area contributed by atoms with Gasteiger partial charge in [0.05, 0.1) is 33.1 Å². The zero-order valence-corrected chi connectivity index (χ0v) is 75.6. The van der Waals surface area contributed by atoms with Crippen LogP contribution in [0.1, 0.15) is 0 Å². The first kappa shape index (κ1) is 80.7. The number of thiophene rings is 2. The average molecular weight is 1800 g/mol. The highest BCUT2D eigenvalue weighted by atomic mass is 32.1. The Hall–Kier alpha value is -18.2. The molecule has 0 N–H and O–H groups in total. The Labute approximate surface area is 799 Å². The van der Waals surface area contributed by atoms with Crippen molar-refractivity contribution in [3.63, 3.8) is 0 Å². The smallest absolute Gasteiger partial charge is 0.238 e. The molecule has 0 aliphatic carbocycles. The van der Waals surface area contributed by atoms with Crippen LogP contribution in [0, 0.1) is 0 Å². The average Bonchev–Trinajstić information content (AvgIpc) is 1.59. The van der Waals surface area contributed by atoms with Crippen molar-refractivity contribution in [3.05, 3.63) is 461 Å². The molecule has 0 bridgehead atoms. The number of fused-ring (bicyclic) bond motifs is 18. The van der Waals surface area contributed by atoms with Crippen LogP contribution in [0.4, 0.5) is 0 Å². The largest absolute Gasteiger partial charge is 0.456 e. The Kier molecular flexibility index (Phi) is 20.0. The van der Waals surface area contributed by atoms with Crippen LogP contribution in [0.5, 0.6) is 0 Å². The highest BCUT2D eigenvalue weighted by molar-refractivity contribution is 7.26. The summed E-state index contributed by atoms with van der Waals surface area (Å²) in [6.07, 6.45) is 0. The molecule has 13 nitrogen and oxygen atoms in total. The molecule has 9 aromatic heterocycles. The van der Waals surface area contributed by atoms with Gasteiger partial charge in [-0.3, -0.25) is 13.7 Å². The maximum atomic E-state index is 6.22. The van der Waals surface area contributed by atoms with E-state index in [0.717, 1.165) is 121 Å². The fourth-order valence-corrected chi connectivity index (χ4v) is 21.9. The van der Waals surface area contributed by atoms with Crippen LogP contribution in [0.25, 0.3) is 258 Å². The SMILES string of the molecule is c1ccc(-c2ccc3c(c2)c2ccccc2n3-c2nc(-c3ccccc3)nc(-c3cccc(-c4ccc5c(c4)oc4ccccc45)c3)n2)cc1.c1ccc(-c2nc(-c3cccc(-c4ccc5c(c4)sc4ccccc45)c3)nc(-n3c4ccccc4c4ccccc43)n2)cc1.c1ccc(-c2nc(-c3cccc(-c4cccc5c4sc4ccccc45)c3)nc(-n3c4ccccc4c4ccccc43)n2)cc1. The fourth-order valence-electron chi connectivity index (χ4n) is 19.5. The summed E-state index contributed by atoms with van der Waals surface area (Å²) in [5, 5.41) is 14.4. The molecule has 0 spiro atoms. The number of para-hydroxylation sites is 6. The first-order valence-corrected chi connectivity index (χ1v) is 47.6. The molecule has 0 amide bonds. The van der Waals surface area contributed by atoms with E-state index in [0.29, 0.717) is 52.8 Å². The lowest BCUT2D eigenvalue weighted by Crippen LogP contribution is -2.06. The Morgan fingerprint density at radius 2 is 0.457 bits per heavy atom. The van der Waals surface area contributed by atoms with Gasteiger partial charge in [0.25, 0.3) is 0 Å². The molecule has 0 atom stereocenters. The second-order valence-electron chi connectivity index (χ2n) is 34.3. The van der Waals surface area contributed by atoms with Crippen molar-refractivity contribution in [2.45, 2.75) is 0 Å². The van der Waals surface area contributed by atoms with Crippen LogP contribution >= 0.6 is 22.7 Å². The maximum absolute atomic E-state index is 6.22. The van der Waals surface area contributed by atoms with Crippen molar-refractivity contribution in [3.8, 4) is 131 Å². The standard InChI is InChI=1S/C45H28N4O.2C39H24N4S/c1-3-12-29(13-4-1)32-23-25-40-38(27-32)35-18-7-9-20-39(35)49(40)45-47-43(30-14-5-2-6-15-30)46-44(48-45)34-17-11-16-31(26-34)33-22-24-37-36-19-8-10-21-41(36)50-42(37)28-33;1-2-12-25(13-3-1)37-40-38(42-39(41-37)43-33-21-7-4-16-29(33)30-17-5-8-22-34(30)43)27-15-10-14-26(24-27)28-19-11-20-32-31-18-6-9-23-35(31)44-36(28)32;1-2-11-25(12-3-1)37-40-38(42-39(41-37)43-33-18-7-4-15-29(33)30-16-5-8-19-34(30)43)28-14-10-13-26(23-28)27-21-22-32-31-17-6-9-20-35(31)44-36(32)24-27/h1-28H;2*1-24H. The van der Waals surface area contributed by atoms with Gasteiger partial charge in [-0.25, -0.2) is 15.0 Å². The molecule has 0 unspecified atom stereocenters. The number of aromatic nitrogens is 12. The summed E-state index contributed by atoms with van der Waals surface area (Å²) < 4.78 is 17.9. The predicted octanol–water partition coefficient (Wildman–Crippen LogP) is 32.2. The molecular formula is C123H76N12OS2. The molecule has 0 radical (unpaired) electrons. The number of hydrogen-bond donors (Lipinski definition) is 0. The van der Waals surface area contributed by atoms with Crippen LogP contribution in [-0.4, -0.2) is 58.6 Å². The third-order valence-corrected chi connectivity index (χ3v) is 28.4. The number of nitrogens with zero attached hydrogens (tertiary/aromatic N) is 12. The molecule has 0 aliphatic rings. The quantitative estimate of drug-likeness (QED) is 0.109. The summed E-state index contributed by atoms with van der Waals surface area (Å²) in [6.45, 7) is 0. The summed E-state index contributed by atoms with van der Waals surface area (Å²) in [5.41, 5.74) is 22.8. The van der Waals surface area contributed by atoms with Crippen LogP contribution in [0.3, 0.4) is 0 Å². The van der Waals surface area contributed by atoms with Gasteiger partial charge < -0.3 is 4.42 Å². The van der Waals surface area contributed by atoms with Crippen molar-refractivity contribution >= 4 is 150 Å². The summed E-state index contributed by atoms with van der Waals surface area (Å²) in [5.74, 6) is 5.56. The van der Waals surface area contributed by atoms with Gasteiger partial charge in [-0.2, -0.15) is 29.9 Å². The first-order valence-electron chi connectivity index (χ1n) is 45.9. The van der Waals surface area contributed by atoms with Crippen LogP contribution < -0.4 is 0 Å². The van der Waals surface area contributed by atoms with Gasteiger partial charge in [0.2, 0.25) is 17.8 Å². The number of rotatable bonds is 13. The van der Waals surface area contributed by atoms with E-state index in [4.69, 9.17) is 49.3 Å². The summed E-state index contributed by atoms with van der Waals surface area (Å²) in [6, 6.07) is 160. The number of furan rings is 1. The lowest BCUT2D eigenvalue weighted by Gasteiger charge is -2.12. The van der Waals surface area contributed by atoms with E-state index in [2.05, 4.69) is 359 Å². The summed E-state index contributed by atoms with van der Waals surface area (Å²) in [4.78, 5) is 45.8. The molecule has 28 aromatic rings. The van der Waals surface area contributed by atoms with Gasteiger partial charge in [0.15, 0.2) is 34.9 Å². The molecule has 646 valence electrons. The second kappa shape index (κ2) is 34.2. The Morgan fingerprint density at radius 3 is 0.935 bits per heavy atom. The van der Waals surface area contributed by atoms with Crippen molar-refractivity contribution < 1.29 is 4.42 Å². The molecule has 0 aliphatic heterocycles. The Balaban J connectivity index is 0.000000107. The number of hydrogen-bond acceptors (Lipinski definition) is 12. The highest BCUT2D eigenvalue weighted by Gasteiger charge is 2.25. The molecule has 19 aromatic carbocycles. The second-order valence-corrected chi connectivity index (χ2v) is 36.4. The molecule has 0 fully saturated rings. The molecular weight excluding hydrogens is 1730 g/mol. The highest BCUT2D eigenvalue weighted by Crippen LogP contribution is 2.45. The van der Waals surface area contributed by atoms with Crippen LogP contribution in [0.15, 0.2) is 465 Å². The topological polar surface area (TPSA) is 144 Å². The van der Waals surface area contributed by atoms with Gasteiger partial charge in [-0.05, 0) is 142 Å². The number of benzene rings is 19. The van der Waals surface area contributed by atoms with Crippen molar-refractivity contribution in [2.24, 2.45) is 0 Å². The zero-order valence-electron chi connectivity index (χ0n) is 74.0. The van der Waals surface area contributed by atoms with Gasteiger partial charge >= 0.3 is 0 Å². The van der Waals surface area contributed by atoms with E-state index in [1.54, 1.807) is 0 Å².